The fraction of sp³-hybridized carbons (Fsp3) is 0.357. The van der Waals surface area contributed by atoms with Crippen molar-refractivity contribution in [2.45, 2.75) is 19.1 Å². The summed E-state index contributed by atoms with van der Waals surface area (Å²) in [6.07, 6.45) is -2.91. The number of rotatable bonds is 6. The first-order chi connectivity index (χ1) is 10.1. The van der Waals surface area contributed by atoms with Gasteiger partial charge in [0.05, 0.1) is 20.6 Å². The van der Waals surface area contributed by atoms with E-state index in [0.717, 1.165) is 19.8 Å². The third-order valence-corrected chi connectivity index (χ3v) is 2.48. The van der Waals surface area contributed by atoms with E-state index in [1.165, 1.54) is 0 Å². The monoisotopic (exact) mass is 296 g/mol. The van der Waals surface area contributed by atoms with E-state index in [-0.39, 0.29) is 6.61 Å². The van der Waals surface area contributed by atoms with Gasteiger partial charge in [0.2, 0.25) is 6.10 Å². The molecule has 7 heteroatoms. The summed E-state index contributed by atoms with van der Waals surface area (Å²) in [6, 6.07) is 8.93. The van der Waals surface area contributed by atoms with E-state index in [0.29, 0.717) is 0 Å². The molecule has 0 radical (unpaired) electrons. The topological polar surface area (TPSA) is 88.1 Å². The van der Waals surface area contributed by atoms with Crippen LogP contribution in [-0.2, 0) is 35.1 Å². The van der Waals surface area contributed by atoms with E-state index in [4.69, 9.17) is 9.47 Å². The molecular formula is C14H16O7. The van der Waals surface area contributed by atoms with E-state index in [1.807, 2.05) is 6.07 Å². The summed E-state index contributed by atoms with van der Waals surface area (Å²) in [5.41, 5.74) is 0.761. The first-order valence-corrected chi connectivity index (χ1v) is 6.08. The van der Waals surface area contributed by atoms with Crippen LogP contribution < -0.4 is 0 Å². The predicted octanol–water partition coefficient (Wildman–Crippen LogP) is 1.44. The molecular weight excluding hydrogens is 280 g/mol. The standard InChI is InChI=1S/C14H16O7/c1-18-12(15)8-11(13(16)19-2)21-14(17)20-9-10-6-4-3-5-7-10/h3-7,11H,8-9H2,1-2H3. The van der Waals surface area contributed by atoms with Crippen molar-refractivity contribution < 1.29 is 33.3 Å². The van der Waals surface area contributed by atoms with E-state index in [1.54, 1.807) is 24.3 Å². The zero-order chi connectivity index (χ0) is 15.7. The number of carbonyl (C=O) groups excluding carboxylic acids is 3. The maximum absolute atomic E-state index is 11.5. The van der Waals surface area contributed by atoms with E-state index in [9.17, 15) is 14.4 Å². The average molecular weight is 296 g/mol. The van der Waals surface area contributed by atoms with E-state index < -0.39 is 30.6 Å². The Morgan fingerprint density at radius 1 is 1.05 bits per heavy atom. The van der Waals surface area contributed by atoms with Crippen LogP contribution in [0.15, 0.2) is 30.3 Å². The second-order valence-corrected chi connectivity index (χ2v) is 3.93. The van der Waals surface area contributed by atoms with Gasteiger partial charge in [-0.25, -0.2) is 9.59 Å². The Hall–Kier alpha value is -2.57. The Balaban J connectivity index is 2.51. The smallest absolute Gasteiger partial charge is 0.469 e. The molecule has 0 fully saturated rings. The van der Waals surface area contributed by atoms with Crippen molar-refractivity contribution in [3.8, 4) is 0 Å². The van der Waals surface area contributed by atoms with Gasteiger partial charge in [0, 0.05) is 0 Å². The van der Waals surface area contributed by atoms with E-state index in [2.05, 4.69) is 9.47 Å². The van der Waals surface area contributed by atoms with Crippen LogP contribution in [0.3, 0.4) is 0 Å². The molecule has 0 aliphatic heterocycles. The van der Waals surface area contributed by atoms with Crippen LogP contribution in [0.2, 0.25) is 0 Å². The summed E-state index contributed by atoms with van der Waals surface area (Å²) in [7, 11) is 2.27. The van der Waals surface area contributed by atoms with Crippen LogP contribution in [0.1, 0.15) is 12.0 Å². The van der Waals surface area contributed by atoms with Gasteiger partial charge in [-0.3, -0.25) is 4.79 Å². The molecule has 1 aromatic rings. The number of methoxy groups -OCH3 is 2. The summed E-state index contributed by atoms with van der Waals surface area (Å²) in [5, 5.41) is 0. The van der Waals surface area contributed by atoms with Crippen LogP contribution in [0, 0.1) is 0 Å². The molecule has 21 heavy (non-hydrogen) atoms. The summed E-state index contributed by atoms with van der Waals surface area (Å²) in [4.78, 5) is 34.1. The Labute approximate surface area is 121 Å². The van der Waals surface area contributed by atoms with Gasteiger partial charge in [0.15, 0.2) is 0 Å². The van der Waals surface area contributed by atoms with Crippen molar-refractivity contribution in [1.29, 1.82) is 0 Å². The van der Waals surface area contributed by atoms with E-state index >= 15 is 0 Å². The Morgan fingerprint density at radius 3 is 2.29 bits per heavy atom. The Bertz CT molecular complexity index is 483. The van der Waals surface area contributed by atoms with Crippen molar-refractivity contribution in [3.05, 3.63) is 35.9 Å². The maximum atomic E-state index is 11.5. The van der Waals surface area contributed by atoms with Crippen molar-refractivity contribution in [3.63, 3.8) is 0 Å². The molecule has 0 heterocycles. The molecule has 0 bridgehead atoms. The van der Waals surface area contributed by atoms with Gasteiger partial charge >= 0.3 is 18.1 Å². The minimum atomic E-state index is -1.40. The third kappa shape index (κ3) is 5.94. The normalized spacial score (nSPS) is 11.1. The molecule has 0 aromatic heterocycles. The lowest BCUT2D eigenvalue weighted by molar-refractivity contribution is -0.158. The Morgan fingerprint density at radius 2 is 1.71 bits per heavy atom. The summed E-state index contributed by atoms with van der Waals surface area (Å²) < 4.78 is 18.5. The summed E-state index contributed by atoms with van der Waals surface area (Å²) in [6.45, 7) is -0.00814. The van der Waals surface area contributed by atoms with Crippen molar-refractivity contribution in [1.82, 2.24) is 0 Å². The van der Waals surface area contributed by atoms with Crippen molar-refractivity contribution in [2.75, 3.05) is 14.2 Å². The summed E-state index contributed by atoms with van der Waals surface area (Å²) in [5.74, 6) is -1.57. The molecule has 1 aromatic carbocycles. The highest BCUT2D eigenvalue weighted by molar-refractivity contribution is 5.83. The fourth-order valence-corrected chi connectivity index (χ4v) is 1.41. The maximum Gasteiger partial charge on any atom is 0.509 e. The molecule has 1 rings (SSSR count). The average Bonchev–Trinajstić information content (AvgIpc) is 2.52. The molecule has 1 atom stereocenters. The molecule has 0 amide bonds. The molecule has 0 aliphatic rings. The molecule has 0 N–H and O–H groups in total. The molecule has 7 nitrogen and oxygen atoms in total. The van der Waals surface area contributed by atoms with Gasteiger partial charge in [-0.15, -0.1) is 0 Å². The number of hydrogen-bond donors (Lipinski definition) is 0. The molecule has 0 saturated carbocycles. The van der Waals surface area contributed by atoms with Gasteiger partial charge in [-0.1, -0.05) is 30.3 Å². The Kier molecular flexibility index (Phi) is 6.73. The summed E-state index contributed by atoms with van der Waals surface area (Å²) >= 11 is 0. The fourth-order valence-electron chi connectivity index (χ4n) is 1.41. The number of esters is 2. The lowest BCUT2D eigenvalue weighted by Gasteiger charge is -2.14. The number of ether oxygens (including phenoxy) is 4. The van der Waals surface area contributed by atoms with Gasteiger partial charge in [-0.2, -0.15) is 0 Å². The minimum absolute atomic E-state index is 0.00814. The molecule has 0 saturated heterocycles. The number of hydrogen-bond acceptors (Lipinski definition) is 7. The minimum Gasteiger partial charge on any atom is -0.469 e. The van der Waals surface area contributed by atoms with Gasteiger partial charge in [0.25, 0.3) is 0 Å². The lowest BCUT2D eigenvalue weighted by atomic mass is 10.2. The molecule has 0 aliphatic carbocycles. The number of carbonyl (C=O) groups is 3. The highest BCUT2D eigenvalue weighted by Crippen LogP contribution is 2.07. The van der Waals surface area contributed by atoms with Crippen LogP contribution in [-0.4, -0.2) is 38.4 Å². The third-order valence-electron chi connectivity index (χ3n) is 2.48. The van der Waals surface area contributed by atoms with Crippen LogP contribution in [0.5, 0.6) is 0 Å². The van der Waals surface area contributed by atoms with Gasteiger partial charge in [0.1, 0.15) is 6.61 Å². The second kappa shape index (κ2) is 8.57. The zero-order valence-electron chi connectivity index (χ0n) is 11.7. The quantitative estimate of drug-likeness (QED) is 0.579. The lowest BCUT2D eigenvalue weighted by Crippen LogP contribution is -2.31. The highest BCUT2D eigenvalue weighted by Gasteiger charge is 2.28. The van der Waals surface area contributed by atoms with Gasteiger partial charge < -0.3 is 18.9 Å². The second-order valence-electron chi connectivity index (χ2n) is 3.93. The van der Waals surface area contributed by atoms with Crippen molar-refractivity contribution >= 4 is 18.1 Å². The molecule has 1 unspecified atom stereocenters. The largest absolute Gasteiger partial charge is 0.509 e. The number of benzene rings is 1. The zero-order valence-corrected chi connectivity index (χ0v) is 11.7. The molecule has 114 valence electrons. The van der Waals surface area contributed by atoms with Crippen LogP contribution >= 0.6 is 0 Å². The van der Waals surface area contributed by atoms with Gasteiger partial charge in [-0.05, 0) is 5.56 Å². The van der Waals surface area contributed by atoms with Crippen LogP contribution in [0.4, 0.5) is 4.79 Å². The van der Waals surface area contributed by atoms with Crippen LogP contribution in [0.25, 0.3) is 0 Å². The predicted molar refractivity (Wildman–Crippen MR) is 70.1 cm³/mol. The van der Waals surface area contributed by atoms with Crippen molar-refractivity contribution in [2.24, 2.45) is 0 Å². The first kappa shape index (κ1) is 16.5. The molecule has 0 spiro atoms. The SMILES string of the molecule is COC(=O)CC(OC(=O)OCc1ccccc1)C(=O)OC. The first-order valence-electron chi connectivity index (χ1n) is 6.08. The highest BCUT2D eigenvalue weighted by atomic mass is 16.7.